The van der Waals surface area contributed by atoms with Crippen LogP contribution in [0.1, 0.15) is 40.5 Å². The number of aliphatic hydroxyl groups excluding tert-OH is 1. The number of hydrogen-bond acceptors (Lipinski definition) is 6. The number of ether oxygens (including phenoxy) is 3. The molecule has 0 amide bonds. The number of aliphatic hydroxyl groups is 1. The highest BCUT2D eigenvalue weighted by atomic mass is 16.7. The monoisotopic (exact) mass is 348 g/mol. The Morgan fingerprint density at radius 3 is 2.64 bits per heavy atom. The number of esters is 2. The van der Waals surface area contributed by atoms with Gasteiger partial charge in [0.25, 0.3) is 0 Å². The van der Waals surface area contributed by atoms with E-state index in [0.717, 1.165) is 5.57 Å². The average Bonchev–Trinajstić information content (AvgIpc) is 3.20. The molecule has 0 unspecified atom stereocenters. The van der Waals surface area contributed by atoms with Gasteiger partial charge in [-0.3, -0.25) is 4.79 Å². The van der Waals surface area contributed by atoms with Gasteiger partial charge in [0.1, 0.15) is 18.3 Å². The van der Waals surface area contributed by atoms with Crippen LogP contribution in [0.3, 0.4) is 0 Å². The van der Waals surface area contributed by atoms with Crippen LogP contribution >= 0.6 is 0 Å². The number of rotatable bonds is 1. The quantitative estimate of drug-likeness (QED) is 0.569. The Morgan fingerprint density at radius 2 is 1.96 bits per heavy atom. The molecule has 2 saturated heterocycles. The minimum Gasteiger partial charge on any atom is -0.459 e. The molecule has 1 spiro atoms. The molecule has 0 bridgehead atoms. The Labute approximate surface area is 146 Å². The van der Waals surface area contributed by atoms with E-state index in [9.17, 15) is 14.7 Å². The van der Waals surface area contributed by atoms with E-state index < -0.39 is 28.6 Å². The van der Waals surface area contributed by atoms with Gasteiger partial charge < -0.3 is 19.3 Å². The molecule has 0 aromatic rings. The van der Waals surface area contributed by atoms with Crippen molar-refractivity contribution >= 4 is 11.9 Å². The lowest BCUT2D eigenvalue weighted by atomic mass is 9.46. The molecule has 0 aromatic heterocycles. The molecule has 2 aliphatic carbocycles. The zero-order valence-corrected chi connectivity index (χ0v) is 14.9. The Hall–Kier alpha value is -1.40. The van der Waals surface area contributed by atoms with Crippen molar-refractivity contribution in [3.63, 3.8) is 0 Å². The topological polar surface area (TPSA) is 85.4 Å². The summed E-state index contributed by atoms with van der Waals surface area (Å²) in [5.74, 6) is -0.789. The Bertz CT molecular complexity index is 727. The zero-order valence-electron chi connectivity index (χ0n) is 14.9. The Kier molecular flexibility index (Phi) is 2.71. The highest BCUT2D eigenvalue weighted by Crippen LogP contribution is 2.72. The molecule has 3 aliphatic heterocycles. The van der Waals surface area contributed by atoms with E-state index in [-0.39, 0.29) is 36.0 Å². The molecule has 5 rings (SSSR count). The first-order chi connectivity index (χ1) is 11.7. The summed E-state index contributed by atoms with van der Waals surface area (Å²) in [5, 5.41) is 10.6. The lowest BCUT2D eigenvalue weighted by Gasteiger charge is -2.55. The van der Waals surface area contributed by atoms with Crippen LogP contribution in [0.2, 0.25) is 0 Å². The third-order valence-electron chi connectivity index (χ3n) is 7.53. The van der Waals surface area contributed by atoms with Crippen molar-refractivity contribution in [2.45, 2.75) is 70.6 Å². The third-order valence-corrected chi connectivity index (χ3v) is 7.53. The summed E-state index contributed by atoms with van der Waals surface area (Å²) < 4.78 is 17.6. The smallest absolute Gasteiger partial charge is 0.331 e. The standard InChI is InChI=1S/C19H24O6/c1-8(2)14-19-9(7-11(21)23-14)17(3)6-5-10(20)18(4)13(17)12(15(19)25-19)24-16(18)22/h7-8,10,12-15,20H,5-6H2,1-4H3/t10-,12-,13+,14+,15+,17+,18-,19+/m0/s1. The van der Waals surface area contributed by atoms with Crippen LogP contribution in [0.25, 0.3) is 0 Å². The summed E-state index contributed by atoms with van der Waals surface area (Å²) in [5.41, 5.74) is -1.11. The number of carbonyl (C=O) groups is 2. The molecule has 0 aromatic carbocycles. The van der Waals surface area contributed by atoms with Crippen LogP contribution in [0.5, 0.6) is 0 Å². The van der Waals surface area contributed by atoms with Crippen molar-refractivity contribution in [2.24, 2.45) is 22.7 Å². The number of fused-ring (bicyclic) bond motifs is 2. The lowest BCUT2D eigenvalue weighted by Crippen LogP contribution is -2.63. The predicted octanol–water partition coefficient (Wildman–Crippen LogP) is 1.35. The Morgan fingerprint density at radius 1 is 1.24 bits per heavy atom. The summed E-state index contributed by atoms with van der Waals surface area (Å²) in [6.45, 7) is 7.92. The predicted molar refractivity (Wildman–Crippen MR) is 85.2 cm³/mol. The van der Waals surface area contributed by atoms with E-state index in [1.54, 1.807) is 13.0 Å². The minimum atomic E-state index is -0.953. The number of hydrogen-bond donors (Lipinski definition) is 1. The highest BCUT2D eigenvalue weighted by Gasteiger charge is 2.83. The van der Waals surface area contributed by atoms with Crippen molar-refractivity contribution in [2.75, 3.05) is 0 Å². The molecule has 3 heterocycles. The number of cyclic esters (lactones) is 1. The summed E-state index contributed by atoms with van der Waals surface area (Å²) >= 11 is 0. The molecule has 5 aliphatic rings. The normalized spacial score (nSPS) is 55.6. The molecule has 0 radical (unpaired) electrons. The maximum Gasteiger partial charge on any atom is 0.331 e. The number of carbonyl (C=O) groups excluding carboxylic acids is 2. The van der Waals surface area contributed by atoms with E-state index in [1.165, 1.54) is 0 Å². The van der Waals surface area contributed by atoms with Gasteiger partial charge in [-0.1, -0.05) is 20.8 Å². The van der Waals surface area contributed by atoms with Crippen molar-refractivity contribution in [1.29, 1.82) is 0 Å². The van der Waals surface area contributed by atoms with E-state index in [0.29, 0.717) is 12.8 Å². The molecular weight excluding hydrogens is 324 g/mol. The second-order valence-electron chi connectivity index (χ2n) is 9.09. The molecule has 4 fully saturated rings. The lowest BCUT2D eigenvalue weighted by molar-refractivity contribution is -0.157. The van der Waals surface area contributed by atoms with Crippen molar-refractivity contribution in [3.8, 4) is 0 Å². The highest BCUT2D eigenvalue weighted by molar-refractivity contribution is 5.87. The molecule has 2 saturated carbocycles. The van der Waals surface area contributed by atoms with Gasteiger partial charge in [-0.2, -0.15) is 0 Å². The van der Waals surface area contributed by atoms with E-state index in [2.05, 4.69) is 6.92 Å². The van der Waals surface area contributed by atoms with Crippen molar-refractivity contribution in [1.82, 2.24) is 0 Å². The molecular formula is C19H24O6. The average molecular weight is 348 g/mol. The Balaban J connectivity index is 1.72. The fraction of sp³-hybridized carbons (Fsp3) is 0.789. The van der Waals surface area contributed by atoms with Gasteiger partial charge in [0.05, 0.1) is 11.5 Å². The van der Waals surface area contributed by atoms with Gasteiger partial charge in [-0.05, 0) is 36.7 Å². The van der Waals surface area contributed by atoms with Gasteiger partial charge in [0.2, 0.25) is 0 Å². The van der Waals surface area contributed by atoms with Crippen LogP contribution < -0.4 is 0 Å². The zero-order chi connectivity index (χ0) is 17.9. The van der Waals surface area contributed by atoms with Gasteiger partial charge >= 0.3 is 11.9 Å². The summed E-state index contributed by atoms with van der Waals surface area (Å²) in [4.78, 5) is 25.0. The largest absolute Gasteiger partial charge is 0.459 e. The van der Waals surface area contributed by atoms with Gasteiger partial charge in [0, 0.05) is 12.0 Å². The van der Waals surface area contributed by atoms with Crippen LogP contribution in [-0.2, 0) is 23.8 Å². The minimum absolute atomic E-state index is 0.0930. The second-order valence-corrected chi connectivity index (χ2v) is 9.09. The van der Waals surface area contributed by atoms with Gasteiger partial charge in [0.15, 0.2) is 5.60 Å². The maximum atomic E-state index is 12.7. The van der Waals surface area contributed by atoms with Crippen molar-refractivity contribution in [3.05, 3.63) is 11.6 Å². The summed E-state index contributed by atoms with van der Waals surface area (Å²) in [7, 11) is 0. The van der Waals surface area contributed by atoms with E-state index >= 15 is 0 Å². The molecule has 6 nitrogen and oxygen atoms in total. The molecule has 1 N–H and O–H groups in total. The SMILES string of the molecule is CC(C)[C@H]1OC(=O)C=C2[C@@]13O[C@@H]3[C@H]1OC(=O)[C@@]3(C)[C@@H](O)CC[C@@]2(C)[C@@H]13. The first-order valence-corrected chi connectivity index (χ1v) is 9.17. The fourth-order valence-corrected chi connectivity index (χ4v) is 6.39. The van der Waals surface area contributed by atoms with Crippen LogP contribution in [0.4, 0.5) is 0 Å². The molecule has 8 atom stereocenters. The van der Waals surface area contributed by atoms with Crippen LogP contribution in [0, 0.1) is 22.7 Å². The van der Waals surface area contributed by atoms with Gasteiger partial charge in [-0.15, -0.1) is 0 Å². The second kappa shape index (κ2) is 4.29. The third kappa shape index (κ3) is 1.51. The van der Waals surface area contributed by atoms with E-state index in [4.69, 9.17) is 14.2 Å². The first-order valence-electron chi connectivity index (χ1n) is 9.17. The van der Waals surface area contributed by atoms with Crippen LogP contribution in [-0.4, -0.2) is 47.1 Å². The summed E-state index contributed by atoms with van der Waals surface area (Å²) in [6.07, 6.45) is 0.983. The van der Waals surface area contributed by atoms with Crippen LogP contribution in [0.15, 0.2) is 11.6 Å². The molecule has 25 heavy (non-hydrogen) atoms. The number of epoxide rings is 1. The van der Waals surface area contributed by atoms with Crippen molar-refractivity contribution < 1.29 is 28.9 Å². The summed E-state index contributed by atoms with van der Waals surface area (Å²) in [6, 6.07) is 0. The first kappa shape index (κ1) is 15.8. The maximum absolute atomic E-state index is 12.7. The fourth-order valence-electron chi connectivity index (χ4n) is 6.39. The van der Waals surface area contributed by atoms with Gasteiger partial charge in [-0.25, -0.2) is 4.79 Å². The van der Waals surface area contributed by atoms with E-state index in [1.807, 2.05) is 13.8 Å². The molecule has 136 valence electrons. The molecule has 6 heteroatoms.